The van der Waals surface area contributed by atoms with E-state index in [1.807, 2.05) is 48.5 Å². The Morgan fingerprint density at radius 1 is 1.00 bits per heavy atom. The highest BCUT2D eigenvalue weighted by atomic mass is 16.5. The zero-order valence-electron chi connectivity index (χ0n) is 14.1. The number of carbonyl (C=O) groups excluding carboxylic acids is 1. The Balaban J connectivity index is 1.41. The second kappa shape index (κ2) is 7.31. The number of hydrogen-bond acceptors (Lipinski definition) is 5. The van der Waals surface area contributed by atoms with Gasteiger partial charge in [0, 0.05) is 24.6 Å². The van der Waals surface area contributed by atoms with Gasteiger partial charge in [0.05, 0.1) is 13.2 Å². The van der Waals surface area contributed by atoms with Gasteiger partial charge in [0.25, 0.3) is 5.91 Å². The Hall–Kier alpha value is -3.28. The summed E-state index contributed by atoms with van der Waals surface area (Å²) in [5.41, 5.74) is 2.05. The maximum atomic E-state index is 12.3. The number of fused-ring (bicyclic) bond motifs is 1. The molecule has 3 aromatic rings. The Kier molecular flexibility index (Phi) is 4.55. The van der Waals surface area contributed by atoms with E-state index in [2.05, 4.69) is 10.5 Å². The second-order valence-corrected chi connectivity index (χ2v) is 5.96. The molecule has 2 aromatic carbocycles. The van der Waals surface area contributed by atoms with Crippen molar-refractivity contribution in [1.29, 1.82) is 0 Å². The van der Waals surface area contributed by atoms with Crippen LogP contribution in [0.4, 0.5) is 0 Å². The molecule has 0 bridgehead atoms. The van der Waals surface area contributed by atoms with Crippen molar-refractivity contribution >= 4 is 5.91 Å². The predicted molar refractivity (Wildman–Crippen MR) is 95.2 cm³/mol. The number of hydrogen-bond donors (Lipinski definition) is 1. The first kappa shape index (κ1) is 16.2. The number of amides is 1. The summed E-state index contributed by atoms with van der Waals surface area (Å²) in [7, 11) is 0. The van der Waals surface area contributed by atoms with E-state index in [-0.39, 0.29) is 11.6 Å². The van der Waals surface area contributed by atoms with Gasteiger partial charge in [-0.15, -0.1) is 0 Å². The van der Waals surface area contributed by atoms with Gasteiger partial charge >= 0.3 is 0 Å². The van der Waals surface area contributed by atoms with Crippen molar-refractivity contribution in [3.63, 3.8) is 0 Å². The highest BCUT2D eigenvalue weighted by Crippen LogP contribution is 2.30. The standard InChI is InChI=1S/C20H18N2O4/c23-20(16-12-18(26-22-16)15-5-2-1-3-6-15)21-13-14-7-8-17-19(11-14)25-10-4-9-24-17/h1-3,5-8,11-12H,4,9-10,13H2,(H,21,23). The van der Waals surface area contributed by atoms with Crippen molar-refractivity contribution in [2.24, 2.45) is 0 Å². The first-order chi connectivity index (χ1) is 12.8. The van der Waals surface area contributed by atoms with Gasteiger partial charge in [-0.1, -0.05) is 41.6 Å². The summed E-state index contributed by atoms with van der Waals surface area (Å²) in [5, 5.41) is 6.70. The molecule has 0 saturated carbocycles. The minimum Gasteiger partial charge on any atom is -0.490 e. The SMILES string of the molecule is O=C(NCc1ccc2c(c1)OCCCO2)c1cc(-c2ccccc2)on1. The molecule has 0 unspecified atom stereocenters. The van der Waals surface area contributed by atoms with E-state index in [4.69, 9.17) is 14.0 Å². The fraction of sp³-hybridized carbons (Fsp3) is 0.200. The first-order valence-corrected chi connectivity index (χ1v) is 8.48. The average molecular weight is 350 g/mol. The molecule has 4 rings (SSSR count). The van der Waals surface area contributed by atoms with Crippen LogP contribution in [0.25, 0.3) is 11.3 Å². The number of aromatic nitrogens is 1. The largest absolute Gasteiger partial charge is 0.490 e. The van der Waals surface area contributed by atoms with Crippen LogP contribution in [-0.2, 0) is 6.54 Å². The van der Waals surface area contributed by atoms with Crippen molar-refractivity contribution in [2.45, 2.75) is 13.0 Å². The quantitative estimate of drug-likeness (QED) is 0.780. The molecule has 1 aromatic heterocycles. The van der Waals surface area contributed by atoms with Crippen LogP contribution in [0.5, 0.6) is 11.5 Å². The molecule has 6 nitrogen and oxygen atoms in total. The van der Waals surface area contributed by atoms with Gasteiger partial charge in [0.2, 0.25) is 0 Å². The van der Waals surface area contributed by atoms with Crippen LogP contribution in [0.15, 0.2) is 59.1 Å². The van der Waals surface area contributed by atoms with Crippen molar-refractivity contribution in [2.75, 3.05) is 13.2 Å². The summed E-state index contributed by atoms with van der Waals surface area (Å²) in [4.78, 5) is 12.3. The van der Waals surface area contributed by atoms with Gasteiger partial charge in [-0.3, -0.25) is 4.79 Å². The van der Waals surface area contributed by atoms with Crippen LogP contribution < -0.4 is 14.8 Å². The maximum absolute atomic E-state index is 12.3. The zero-order chi connectivity index (χ0) is 17.8. The fourth-order valence-corrected chi connectivity index (χ4v) is 2.71. The summed E-state index contributed by atoms with van der Waals surface area (Å²) < 4.78 is 16.5. The molecule has 1 N–H and O–H groups in total. The van der Waals surface area contributed by atoms with E-state index in [1.165, 1.54) is 0 Å². The van der Waals surface area contributed by atoms with E-state index >= 15 is 0 Å². The summed E-state index contributed by atoms with van der Waals surface area (Å²) in [6, 6.07) is 16.8. The molecule has 0 saturated heterocycles. The number of nitrogens with one attached hydrogen (secondary N) is 1. The monoisotopic (exact) mass is 350 g/mol. The average Bonchev–Trinajstić information content (AvgIpc) is 3.06. The summed E-state index contributed by atoms with van der Waals surface area (Å²) in [6.45, 7) is 1.64. The van der Waals surface area contributed by atoms with Crippen LogP contribution in [0.2, 0.25) is 0 Å². The summed E-state index contributed by atoms with van der Waals surface area (Å²) in [5.74, 6) is 1.72. The molecule has 2 heterocycles. The molecule has 0 aliphatic carbocycles. The molecule has 0 fully saturated rings. The summed E-state index contributed by atoms with van der Waals surface area (Å²) >= 11 is 0. The van der Waals surface area contributed by atoms with Crippen LogP contribution in [-0.4, -0.2) is 24.3 Å². The summed E-state index contributed by atoms with van der Waals surface area (Å²) in [6.07, 6.45) is 0.858. The van der Waals surface area contributed by atoms with E-state index in [0.717, 1.165) is 23.3 Å². The molecule has 1 aliphatic heterocycles. The minimum absolute atomic E-state index is 0.248. The number of nitrogens with zero attached hydrogens (tertiary/aromatic N) is 1. The van der Waals surface area contributed by atoms with Gasteiger partial charge in [-0.05, 0) is 17.7 Å². The van der Waals surface area contributed by atoms with Crippen molar-refractivity contribution in [1.82, 2.24) is 10.5 Å². The third-order valence-electron chi connectivity index (χ3n) is 4.07. The highest BCUT2D eigenvalue weighted by Gasteiger charge is 2.15. The maximum Gasteiger partial charge on any atom is 0.273 e. The van der Waals surface area contributed by atoms with Gasteiger partial charge in [-0.2, -0.15) is 0 Å². The second-order valence-electron chi connectivity index (χ2n) is 5.96. The van der Waals surface area contributed by atoms with Gasteiger partial charge in [0.15, 0.2) is 23.0 Å². The Bertz CT molecular complexity index is 905. The number of rotatable bonds is 4. The lowest BCUT2D eigenvalue weighted by molar-refractivity contribution is 0.0942. The van der Waals surface area contributed by atoms with E-state index in [0.29, 0.717) is 31.3 Å². The van der Waals surface area contributed by atoms with Crippen LogP contribution in [0.3, 0.4) is 0 Å². The molecule has 6 heteroatoms. The molecule has 0 spiro atoms. The molecular formula is C20H18N2O4. The van der Waals surface area contributed by atoms with Crippen molar-refractivity contribution in [3.8, 4) is 22.8 Å². The fourth-order valence-electron chi connectivity index (χ4n) is 2.71. The molecular weight excluding hydrogens is 332 g/mol. The lowest BCUT2D eigenvalue weighted by Gasteiger charge is -2.09. The van der Waals surface area contributed by atoms with E-state index in [9.17, 15) is 4.79 Å². The smallest absolute Gasteiger partial charge is 0.273 e. The van der Waals surface area contributed by atoms with E-state index in [1.54, 1.807) is 6.07 Å². The van der Waals surface area contributed by atoms with E-state index < -0.39 is 0 Å². The topological polar surface area (TPSA) is 73.6 Å². The van der Waals surface area contributed by atoms with Gasteiger partial charge in [-0.25, -0.2) is 0 Å². The van der Waals surface area contributed by atoms with Crippen LogP contribution in [0.1, 0.15) is 22.5 Å². The number of ether oxygens (including phenoxy) is 2. The lowest BCUT2D eigenvalue weighted by Crippen LogP contribution is -2.23. The third-order valence-corrected chi connectivity index (χ3v) is 4.07. The molecule has 1 aliphatic rings. The molecule has 132 valence electrons. The molecule has 0 radical (unpaired) electrons. The Morgan fingerprint density at radius 2 is 1.81 bits per heavy atom. The normalized spacial score (nSPS) is 13.1. The number of benzene rings is 2. The zero-order valence-corrected chi connectivity index (χ0v) is 14.1. The van der Waals surface area contributed by atoms with Crippen molar-refractivity contribution < 1.29 is 18.8 Å². The Morgan fingerprint density at radius 3 is 2.65 bits per heavy atom. The highest BCUT2D eigenvalue weighted by molar-refractivity contribution is 5.93. The minimum atomic E-state index is -0.289. The van der Waals surface area contributed by atoms with Gasteiger partial charge < -0.3 is 19.3 Å². The lowest BCUT2D eigenvalue weighted by atomic mass is 10.1. The van der Waals surface area contributed by atoms with Crippen molar-refractivity contribution in [3.05, 3.63) is 65.9 Å². The van der Waals surface area contributed by atoms with Gasteiger partial charge in [0.1, 0.15) is 0 Å². The first-order valence-electron chi connectivity index (χ1n) is 8.48. The van der Waals surface area contributed by atoms with Crippen LogP contribution >= 0.6 is 0 Å². The third kappa shape index (κ3) is 3.54. The van der Waals surface area contributed by atoms with Crippen LogP contribution in [0, 0.1) is 0 Å². The number of carbonyl (C=O) groups is 1. The predicted octanol–water partition coefficient (Wildman–Crippen LogP) is 3.43. The Labute approximate surface area is 150 Å². The molecule has 0 atom stereocenters. The molecule has 26 heavy (non-hydrogen) atoms. The molecule has 1 amide bonds.